The van der Waals surface area contributed by atoms with E-state index in [1.807, 2.05) is 31.2 Å². The number of ketones is 1. The monoisotopic (exact) mass is 276 g/mol. The van der Waals surface area contributed by atoms with Gasteiger partial charge >= 0.3 is 0 Å². The van der Waals surface area contributed by atoms with Crippen molar-refractivity contribution in [2.24, 2.45) is 0 Å². The summed E-state index contributed by atoms with van der Waals surface area (Å²) in [6.45, 7) is 7.99. The summed E-state index contributed by atoms with van der Waals surface area (Å²) in [5.74, 6) is 0.958. The van der Waals surface area contributed by atoms with Crippen LogP contribution in [-0.4, -0.2) is 12.4 Å². The minimum absolute atomic E-state index is 0. The lowest BCUT2D eigenvalue weighted by Gasteiger charge is -2.08. The number of hydrogen-bond acceptors (Lipinski definition) is 2. The van der Waals surface area contributed by atoms with Gasteiger partial charge in [-0.1, -0.05) is 26.3 Å². The number of carbonyl (C=O) groups excluding carboxylic acids is 1. The quantitative estimate of drug-likeness (QED) is 0.345. The number of allylic oxidation sites excluding steroid dienone is 1. The lowest BCUT2D eigenvalue weighted by molar-refractivity contribution is 0.101. The van der Waals surface area contributed by atoms with Gasteiger partial charge in [0.25, 0.3) is 0 Å². The van der Waals surface area contributed by atoms with E-state index in [1.165, 1.54) is 19.3 Å². The van der Waals surface area contributed by atoms with Crippen molar-refractivity contribution in [3.8, 4) is 5.75 Å². The zero-order valence-electron chi connectivity index (χ0n) is 12.1. The molecule has 0 saturated heterocycles. The van der Waals surface area contributed by atoms with E-state index in [1.54, 1.807) is 6.92 Å². The summed E-state index contributed by atoms with van der Waals surface area (Å²) in [4.78, 5) is 11.3. The van der Waals surface area contributed by atoms with Crippen LogP contribution in [0.3, 0.4) is 0 Å². The minimum Gasteiger partial charge on any atom is -0.494 e. The molecule has 0 radical (unpaired) electrons. The summed E-state index contributed by atoms with van der Waals surface area (Å²) in [7, 11) is 0. The van der Waals surface area contributed by atoms with Crippen LogP contribution >= 0.6 is 0 Å². The number of benzene rings is 1. The zero-order valence-corrected chi connectivity index (χ0v) is 12.1. The highest BCUT2D eigenvalue weighted by atomic mass is 16.5. The number of carbonyl (C=O) groups is 1. The Bertz CT molecular complexity index is 421. The van der Waals surface area contributed by atoms with Gasteiger partial charge < -0.3 is 4.74 Å². The van der Waals surface area contributed by atoms with Gasteiger partial charge in [-0.25, -0.2) is 0 Å². The Morgan fingerprint density at radius 1 is 1.25 bits per heavy atom. The fourth-order valence-electron chi connectivity index (χ4n) is 2.06. The van der Waals surface area contributed by atoms with E-state index in [-0.39, 0.29) is 13.2 Å². The lowest BCUT2D eigenvalue weighted by Crippen LogP contribution is -2.00. The topological polar surface area (TPSA) is 26.3 Å². The highest BCUT2D eigenvalue weighted by Crippen LogP contribution is 2.18. The first kappa shape index (κ1) is 18.4. The molecule has 0 aliphatic carbocycles. The van der Waals surface area contributed by atoms with Crippen LogP contribution in [0.5, 0.6) is 5.75 Å². The smallest absolute Gasteiger partial charge is 0.160 e. The van der Waals surface area contributed by atoms with E-state index >= 15 is 0 Å². The Balaban J connectivity index is 0.00000361. The van der Waals surface area contributed by atoms with Crippen molar-refractivity contribution in [3.05, 3.63) is 42.0 Å². The van der Waals surface area contributed by atoms with Gasteiger partial charge in [0.15, 0.2) is 5.78 Å². The molecule has 0 aliphatic rings. The van der Waals surface area contributed by atoms with Crippen LogP contribution in [0.15, 0.2) is 30.9 Å². The zero-order chi connectivity index (χ0) is 14.1. The molecule has 0 bridgehead atoms. The number of unbranched alkanes of at least 4 members (excludes halogenated alkanes) is 4. The van der Waals surface area contributed by atoms with E-state index in [0.29, 0.717) is 0 Å². The Hall–Kier alpha value is -1.57. The number of aryl methyl sites for hydroxylation is 1. The van der Waals surface area contributed by atoms with Gasteiger partial charge in [-0.05, 0) is 56.9 Å². The average Bonchev–Trinajstić information content (AvgIpc) is 2.37. The standard InChI is InChI=1S/C17H24O2.CH4/c1-4-5-6-7-8-9-12-19-16-10-11-17(15(3)18)14(2)13-16;/h4,10-11,13H,1,5-9,12H2,2-3H3;1H4. The first-order valence-electron chi connectivity index (χ1n) is 7.00. The molecule has 0 spiro atoms. The summed E-state index contributed by atoms with van der Waals surface area (Å²) in [6, 6.07) is 5.66. The number of ether oxygens (including phenoxy) is 1. The Morgan fingerprint density at radius 2 is 1.95 bits per heavy atom. The third kappa shape index (κ3) is 6.55. The Kier molecular flexibility index (Phi) is 9.44. The summed E-state index contributed by atoms with van der Waals surface area (Å²) in [6.07, 6.45) is 7.79. The van der Waals surface area contributed by atoms with Crippen LogP contribution < -0.4 is 4.74 Å². The number of hydrogen-bond donors (Lipinski definition) is 0. The second-order valence-corrected chi connectivity index (χ2v) is 4.87. The maximum Gasteiger partial charge on any atom is 0.160 e. The van der Waals surface area contributed by atoms with Crippen molar-refractivity contribution in [3.63, 3.8) is 0 Å². The molecular weight excluding hydrogens is 248 g/mol. The van der Waals surface area contributed by atoms with Crippen molar-refractivity contribution in [1.29, 1.82) is 0 Å². The third-order valence-electron chi connectivity index (χ3n) is 3.15. The molecule has 2 heteroatoms. The molecule has 0 N–H and O–H groups in total. The third-order valence-corrected chi connectivity index (χ3v) is 3.15. The van der Waals surface area contributed by atoms with Gasteiger partial charge in [-0.15, -0.1) is 6.58 Å². The molecule has 0 aliphatic heterocycles. The van der Waals surface area contributed by atoms with Crippen LogP contribution in [-0.2, 0) is 0 Å². The van der Waals surface area contributed by atoms with Crippen LogP contribution in [0.4, 0.5) is 0 Å². The predicted octanol–water partition coefficient (Wildman–Crippen LogP) is 5.35. The summed E-state index contributed by atoms with van der Waals surface area (Å²) in [5, 5.41) is 0. The minimum atomic E-state index is 0. The van der Waals surface area contributed by atoms with E-state index in [9.17, 15) is 4.79 Å². The molecule has 1 rings (SSSR count). The molecule has 0 fully saturated rings. The van der Waals surface area contributed by atoms with Crippen LogP contribution in [0.1, 0.15) is 62.4 Å². The fourth-order valence-corrected chi connectivity index (χ4v) is 2.06. The maximum atomic E-state index is 11.3. The molecule has 20 heavy (non-hydrogen) atoms. The van der Waals surface area contributed by atoms with E-state index in [0.717, 1.165) is 36.3 Å². The highest BCUT2D eigenvalue weighted by molar-refractivity contribution is 5.95. The largest absolute Gasteiger partial charge is 0.494 e. The maximum absolute atomic E-state index is 11.3. The van der Waals surface area contributed by atoms with Gasteiger partial charge in [-0.3, -0.25) is 4.79 Å². The highest BCUT2D eigenvalue weighted by Gasteiger charge is 2.04. The van der Waals surface area contributed by atoms with Crippen LogP contribution in [0, 0.1) is 6.92 Å². The average molecular weight is 276 g/mol. The molecule has 2 nitrogen and oxygen atoms in total. The molecular formula is C18H28O2. The van der Waals surface area contributed by atoms with Gasteiger partial charge in [-0.2, -0.15) is 0 Å². The van der Waals surface area contributed by atoms with Crippen molar-refractivity contribution < 1.29 is 9.53 Å². The lowest BCUT2D eigenvalue weighted by atomic mass is 10.1. The molecule has 0 saturated carbocycles. The molecule has 112 valence electrons. The Morgan fingerprint density at radius 3 is 2.55 bits per heavy atom. The second-order valence-electron chi connectivity index (χ2n) is 4.87. The van der Waals surface area contributed by atoms with Crippen LogP contribution in [0.2, 0.25) is 0 Å². The molecule has 0 atom stereocenters. The summed E-state index contributed by atoms with van der Waals surface area (Å²) >= 11 is 0. The number of Topliss-reactive ketones (excluding diaryl/α,β-unsaturated/α-hetero) is 1. The van der Waals surface area contributed by atoms with Gasteiger partial charge in [0, 0.05) is 5.56 Å². The van der Waals surface area contributed by atoms with Crippen LogP contribution in [0.25, 0.3) is 0 Å². The van der Waals surface area contributed by atoms with Crippen molar-refractivity contribution in [2.45, 2.75) is 53.4 Å². The van der Waals surface area contributed by atoms with Crippen molar-refractivity contribution >= 4 is 5.78 Å². The second kappa shape index (κ2) is 10.2. The summed E-state index contributed by atoms with van der Waals surface area (Å²) in [5.41, 5.74) is 1.76. The van der Waals surface area contributed by atoms with Crippen molar-refractivity contribution in [2.75, 3.05) is 6.61 Å². The van der Waals surface area contributed by atoms with Crippen molar-refractivity contribution in [1.82, 2.24) is 0 Å². The SMILES string of the molecule is C.C=CCCCCCCOc1ccc(C(C)=O)c(C)c1. The van der Waals surface area contributed by atoms with E-state index in [4.69, 9.17) is 4.74 Å². The van der Waals surface area contributed by atoms with Gasteiger partial charge in [0.05, 0.1) is 6.61 Å². The predicted molar refractivity (Wildman–Crippen MR) is 86.7 cm³/mol. The molecule has 0 aromatic heterocycles. The summed E-state index contributed by atoms with van der Waals surface area (Å²) < 4.78 is 5.70. The number of rotatable bonds is 9. The fraction of sp³-hybridized carbons (Fsp3) is 0.500. The molecule has 0 amide bonds. The van der Waals surface area contributed by atoms with E-state index in [2.05, 4.69) is 6.58 Å². The first-order valence-corrected chi connectivity index (χ1v) is 7.00. The molecule has 1 aromatic carbocycles. The molecule has 0 unspecified atom stereocenters. The normalized spacial score (nSPS) is 9.70. The Labute approximate surface area is 123 Å². The van der Waals surface area contributed by atoms with Gasteiger partial charge in [0.2, 0.25) is 0 Å². The first-order chi connectivity index (χ1) is 9.15. The molecule has 1 aromatic rings. The molecule has 0 heterocycles. The van der Waals surface area contributed by atoms with E-state index < -0.39 is 0 Å². The van der Waals surface area contributed by atoms with Gasteiger partial charge in [0.1, 0.15) is 5.75 Å².